The van der Waals surface area contributed by atoms with Gasteiger partial charge in [-0.2, -0.15) is 0 Å². The van der Waals surface area contributed by atoms with Crippen LogP contribution in [0.5, 0.6) is 0 Å². The summed E-state index contributed by atoms with van der Waals surface area (Å²) in [7, 11) is 1.65. The smallest absolute Gasteiger partial charge is 0.310 e. The van der Waals surface area contributed by atoms with E-state index in [1.165, 1.54) is 4.90 Å². The molecule has 1 heterocycles. The van der Waals surface area contributed by atoms with Gasteiger partial charge >= 0.3 is 5.97 Å². The Morgan fingerprint density at radius 3 is 2.43 bits per heavy atom. The second kappa shape index (κ2) is 6.70. The number of carbonyl (C=O) groups excluding carboxylic acids is 1. The molecule has 1 aromatic heterocycles. The largest absolute Gasteiger partial charge is 0.481 e. The fourth-order valence-electron chi connectivity index (χ4n) is 2.96. The summed E-state index contributed by atoms with van der Waals surface area (Å²) in [6, 6.07) is 5.34. The van der Waals surface area contributed by atoms with Crippen molar-refractivity contribution in [1.82, 2.24) is 4.98 Å². The predicted octanol–water partition coefficient (Wildman–Crippen LogP) is 2.86. The molecule has 0 radical (unpaired) electrons. The van der Waals surface area contributed by atoms with Gasteiger partial charge in [0.2, 0.25) is 5.91 Å². The number of anilines is 1. The van der Waals surface area contributed by atoms with Crippen LogP contribution in [0.15, 0.2) is 24.4 Å². The Bertz CT molecular complexity index is 494. The van der Waals surface area contributed by atoms with Crippen molar-refractivity contribution < 1.29 is 14.7 Å². The molecule has 1 saturated carbocycles. The van der Waals surface area contributed by atoms with E-state index >= 15 is 0 Å². The van der Waals surface area contributed by atoms with E-state index in [4.69, 9.17) is 0 Å². The maximum atomic E-state index is 12.5. The molecule has 0 unspecified atom stereocenters. The van der Waals surface area contributed by atoms with Gasteiger partial charge < -0.3 is 5.11 Å². The molecule has 1 amide bonds. The van der Waals surface area contributed by atoms with Crippen LogP contribution in [0, 0.1) is 5.41 Å². The first kappa shape index (κ1) is 15.5. The summed E-state index contributed by atoms with van der Waals surface area (Å²) in [5, 5.41) is 9.63. The molecule has 5 nitrogen and oxygen atoms in total. The Hall–Kier alpha value is -1.91. The third kappa shape index (κ3) is 3.60. The number of hydrogen-bond acceptors (Lipinski definition) is 3. The molecular formula is C16H22N2O3. The highest BCUT2D eigenvalue weighted by Crippen LogP contribution is 2.39. The van der Waals surface area contributed by atoms with Crippen molar-refractivity contribution in [3.05, 3.63) is 24.4 Å². The topological polar surface area (TPSA) is 70.5 Å². The number of aliphatic carboxylic acids is 1. The molecule has 1 aliphatic rings. The molecule has 0 aliphatic heterocycles. The van der Waals surface area contributed by atoms with Crippen molar-refractivity contribution in [2.45, 2.75) is 44.9 Å². The molecule has 0 bridgehead atoms. The minimum absolute atomic E-state index is 0.0510. The molecule has 1 aliphatic carbocycles. The summed E-state index contributed by atoms with van der Waals surface area (Å²) in [6.07, 6.45) is 6.72. The molecule has 21 heavy (non-hydrogen) atoms. The molecule has 1 aromatic rings. The zero-order valence-electron chi connectivity index (χ0n) is 12.4. The number of hydrogen-bond donors (Lipinski definition) is 1. The first-order valence-electron chi connectivity index (χ1n) is 7.46. The van der Waals surface area contributed by atoms with Crippen molar-refractivity contribution in [3.8, 4) is 0 Å². The Balaban J connectivity index is 2.13. The lowest BCUT2D eigenvalue weighted by molar-refractivity contribution is -0.152. The lowest BCUT2D eigenvalue weighted by Crippen LogP contribution is -2.38. The van der Waals surface area contributed by atoms with E-state index in [0.29, 0.717) is 18.7 Å². The van der Waals surface area contributed by atoms with Crippen LogP contribution in [0.3, 0.4) is 0 Å². The molecule has 114 valence electrons. The van der Waals surface area contributed by atoms with E-state index in [-0.39, 0.29) is 12.3 Å². The van der Waals surface area contributed by atoms with E-state index in [2.05, 4.69) is 4.98 Å². The summed E-state index contributed by atoms with van der Waals surface area (Å²) >= 11 is 0. The average molecular weight is 290 g/mol. The van der Waals surface area contributed by atoms with Crippen LogP contribution in [0.25, 0.3) is 0 Å². The summed E-state index contributed by atoms with van der Waals surface area (Å²) in [4.78, 5) is 29.8. The molecule has 1 N–H and O–H groups in total. The average Bonchev–Trinajstić information content (AvgIpc) is 2.74. The predicted molar refractivity (Wildman–Crippen MR) is 80.0 cm³/mol. The molecule has 1 fully saturated rings. The lowest BCUT2D eigenvalue weighted by atomic mass is 9.77. The van der Waals surface area contributed by atoms with Gasteiger partial charge in [0.15, 0.2) is 0 Å². The van der Waals surface area contributed by atoms with Crippen molar-refractivity contribution in [1.29, 1.82) is 0 Å². The number of carboxylic acids is 1. The quantitative estimate of drug-likeness (QED) is 0.866. The highest BCUT2D eigenvalue weighted by Gasteiger charge is 2.41. The Morgan fingerprint density at radius 1 is 1.24 bits per heavy atom. The van der Waals surface area contributed by atoms with E-state index in [1.807, 2.05) is 6.07 Å². The van der Waals surface area contributed by atoms with Gasteiger partial charge in [-0.05, 0) is 25.0 Å². The summed E-state index contributed by atoms with van der Waals surface area (Å²) < 4.78 is 0. The summed E-state index contributed by atoms with van der Waals surface area (Å²) in [5.41, 5.74) is -0.906. The SMILES string of the molecule is CN(C(=O)CC1(C(=O)O)CCCCCC1)c1ccccn1. The molecule has 0 aromatic carbocycles. The van der Waals surface area contributed by atoms with Gasteiger partial charge in [0.25, 0.3) is 0 Å². The standard InChI is InChI=1S/C16H22N2O3/c1-18(13-8-4-7-11-17-13)14(19)12-16(15(20)21)9-5-2-3-6-10-16/h4,7-8,11H,2-3,5-6,9-10,12H2,1H3,(H,20,21). The van der Waals surface area contributed by atoms with Gasteiger partial charge in [-0.1, -0.05) is 31.7 Å². The van der Waals surface area contributed by atoms with Crippen LogP contribution in [-0.4, -0.2) is 29.0 Å². The molecule has 5 heteroatoms. The second-order valence-corrected chi connectivity index (χ2v) is 5.82. The number of pyridine rings is 1. The van der Waals surface area contributed by atoms with Crippen LogP contribution in [-0.2, 0) is 9.59 Å². The van der Waals surface area contributed by atoms with E-state index in [9.17, 15) is 14.7 Å². The minimum Gasteiger partial charge on any atom is -0.481 e. The molecule has 0 saturated heterocycles. The van der Waals surface area contributed by atoms with E-state index in [0.717, 1.165) is 25.7 Å². The second-order valence-electron chi connectivity index (χ2n) is 5.82. The number of carbonyl (C=O) groups is 2. The fraction of sp³-hybridized carbons (Fsp3) is 0.562. The highest BCUT2D eigenvalue weighted by molar-refractivity contribution is 5.95. The Labute approximate surface area is 125 Å². The summed E-state index contributed by atoms with van der Waals surface area (Å²) in [5.74, 6) is -0.471. The van der Waals surface area contributed by atoms with Crippen LogP contribution in [0.1, 0.15) is 44.9 Å². The lowest BCUT2D eigenvalue weighted by Gasteiger charge is -2.29. The molecule has 0 atom stereocenters. The number of aromatic nitrogens is 1. The molecule has 2 rings (SSSR count). The van der Waals surface area contributed by atoms with Gasteiger partial charge in [-0.3, -0.25) is 14.5 Å². The van der Waals surface area contributed by atoms with Gasteiger partial charge in [0.1, 0.15) is 5.82 Å². The van der Waals surface area contributed by atoms with Crippen LogP contribution in [0.4, 0.5) is 5.82 Å². The first-order chi connectivity index (χ1) is 10.1. The summed E-state index contributed by atoms with van der Waals surface area (Å²) in [6.45, 7) is 0. The van der Waals surface area contributed by atoms with Gasteiger partial charge in [-0.25, -0.2) is 4.98 Å². The Morgan fingerprint density at radius 2 is 1.90 bits per heavy atom. The first-order valence-corrected chi connectivity index (χ1v) is 7.46. The zero-order chi connectivity index (χ0) is 15.3. The van der Waals surface area contributed by atoms with Gasteiger partial charge in [0, 0.05) is 19.7 Å². The van der Waals surface area contributed by atoms with Crippen molar-refractivity contribution in [3.63, 3.8) is 0 Å². The number of amides is 1. The normalized spacial score (nSPS) is 17.8. The molecule has 0 spiro atoms. The maximum Gasteiger partial charge on any atom is 0.310 e. The minimum atomic E-state index is -0.906. The van der Waals surface area contributed by atoms with Crippen LogP contribution >= 0.6 is 0 Å². The zero-order valence-corrected chi connectivity index (χ0v) is 12.4. The number of carboxylic acid groups (broad SMARTS) is 1. The number of rotatable bonds is 4. The van der Waals surface area contributed by atoms with Gasteiger partial charge in [0.05, 0.1) is 5.41 Å². The monoisotopic (exact) mass is 290 g/mol. The number of nitrogens with zero attached hydrogens (tertiary/aromatic N) is 2. The van der Waals surface area contributed by atoms with Gasteiger partial charge in [-0.15, -0.1) is 0 Å². The van der Waals surface area contributed by atoms with E-state index < -0.39 is 11.4 Å². The highest BCUT2D eigenvalue weighted by atomic mass is 16.4. The van der Waals surface area contributed by atoms with Crippen molar-refractivity contribution >= 4 is 17.7 Å². The van der Waals surface area contributed by atoms with E-state index in [1.54, 1.807) is 25.4 Å². The molecular weight excluding hydrogens is 268 g/mol. The van der Waals surface area contributed by atoms with Crippen molar-refractivity contribution in [2.75, 3.05) is 11.9 Å². The third-order valence-corrected chi connectivity index (χ3v) is 4.37. The maximum absolute atomic E-state index is 12.5. The van der Waals surface area contributed by atoms with Crippen molar-refractivity contribution in [2.24, 2.45) is 5.41 Å². The fourth-order valence-corrected chi connectivity index (χ4v) is 2.96. The van der Waals surface area contributed by atoms with Crippen LogP contribution in [0.2, 0.25) is 0 Å². The third-order valence-electron chi connectivity index (χ3n) is 4.37. The Kier molecular flexibility index (Phi) is 4.94. The van der Waals surface area contributed by atoms with Crippen LogP contribution < -0.4 is 4.90 Å².